The molecule has 0 unspecified atom stereocenters. The van der Waals surface area contributed by atoms with Crippen LogP contribution in [0.4, 0.5) is 21.9 Å². The number of para-hydroxylation sites is 1. The van der Waals surface area contributed by atoms with Crippen LogP contribution in [-0.2, 0) is 9.53 Å². The van der Waals surface area contributed by atoms with Crippen LogP contribution < -0.4 is 15.1 Å². The summed E-state index contributed by atoms with van der Waals surface area (Å²) in [7, 11) is 0. The molecule has 2 saturated heterocycles. The van der Waals surface area contributed by atoms with Crippen LogP contribution in [0.1, 0.15) is 5.56 Å². The summed E-state index contributed by atoms with van der Waals surface area (Å²) in [6, 6.07) is 12.5. The number of hydrogen-bond donors (Lipinski definition) is 1. The number of anilines is 2. The van der Waals surface area contributed by atoms with Crippen molar-refractivity contribution in [2.75, 3.05) is 36.1 Å². The van der Waals surface area contributed by atoms with Crippen LogP contribution in [-0.4, -0.2) is 43.2 Å². The van der Waals surface area contributed by atoms with E-state index in [0.717, 1.165) is 10.6 Å². The minimum Gasteiger partial charge on any atom is -0.378 e. The monoisotopic (exact) mass is 394 g/mol. The molecule has 2 aliphatic rings. The van der Waals surface area contributed by atoms with Gasteiger partial charge in [-0.25, -0.2) is 9.69 Å². The predicted octanol–water partition coefficient (Wildman–Crippen LogP) is 2.53. The van der Waals surface area contributed by atoms with Gasteiger partial charge in [-0.1, -0.05) is 18.2 Å². The van der Waals surface area contributed by atoms with Crippen molar-refractivity contribution in [1.82, 2.24) is 5.32 Å². The molecule has 29 heavy (non-hydrogen) atoms. The summed E-state index contributed by atoms with van der Waals surface area (Å²) in [5, 5.41) is 13.8. The Labute approximate surface area is 166 Å². The summed E-state index contributed by atoms with van der Waals surface area (Å²) in [5.41, 5.74) is 1.65. The second-order valence-electron chi connectivity index (χ2n) is 6.56. The molecule has 0 aromatic heterocycles. The van der Waals surface area contributed by atoms with E-state index in [9.17, 15) is 19.7 Å². The molecule has 0 spiro atoms. The van der Waals surface area contributed by atoms with E-state index in [1.165, 1.54) is 18.2 Å². The number of nitrogens with zero attached hydrogens (tertiary/aromatic N) is 3. The van der Waals surface area contributed by atoms with E-state index in [4.69, 9.17) is 4.74 Å². The number of morpholine rings is 1. The molecule has 0 atom stereocenters. The lowest BCUT2D eigenvalue weighted by Gasteiger charge is -2.30. The number of nitrogens with one attached hydrogen (secondary N) is 1. The molecule has 0 radical (unpaired) electrons. The highest BCUT2D eigenvalue weighted by Gasteiger charge is 2.35. The quantitative estimate of drug-likeness (QED) is 0.370. The van der Waals surface area contributed by atoms with Gasteiger partial charge < -0.3 is 15.0 Å². The summed E-state index contributed by atoms with van der Waals surface area (Å²) in [6.07, 6.45) is 1.49. The Kier molecular flexibility index (Phi) is 4.96. The zero-order valence-electron chi connectivity index (χ0n) is 15.4. The van der Waals surface area contributed by atoms with Crippen molar-refractivity contribution in [2.24, 2.45) is 0 Å². The lowest BCUT2D eigenvalue weighted by Crippen LogP contribution is -2.36. The summed E-state index contributed by atoms with van der Waals surface area (Å²) in [4.78, 5) is 39.0. The van der Waals surface area contributed by atoms with E-state index in [1.807, 2.05) is 4.90 Å². The molecular formula is C20H18N4O5. The molecule has 0 bridgehead atoms. The Morgan fingerprint density at radius 2 is 1.79 bits per heavy atom. The van der Waals surface area contributed by atoms with Crippen LogP contribution in [0, 0.1) is 10.1 Å². The summed E-state index contributed by atoms with van der Waals surface area (Å²) < 4.78 is 5.37. The van der Waals surface area contributed by atoms with Crippen LogP contribution >= 0.6 is 0 Å². The standard InChI is InChI=1S/C20H18N4O5/c25-19-17(21-20(26)23(19)15-4-2-1-3-5-15)13-14-12-16(24(27)28)6-7-18(14)22-8-10-29-11-9-22/h1-7,12-13H,8-11H2,(H,21,26)/b17-13-. The van der Waals surface area contributed by atoms with Crippen molar-refractivity contribution in [2.45, 2.75) is 0 Å². The number of nitro benzene ring substituents is 1. The molecule has 2 aromatic rings. The fourth-order valence-electron chi connectivity index (χ4n) is 3.37. The largest absolute Gasteiger partial charge is 0.378 e. The lowest BCUT2D eigenvalue weighted by atomic mass is 10.1. The number of carbonyl (C=O) groups is 2. The minimum absolute atomic E-state index is 0.0638. The van der Waals surface area contributed by atoms with Gasteiger partial charge >= 0.3 is 6.03 Å². The Bertz CT molecular complexity index is 999. The van der Waals surface area contributed by atoms with Crippen molar-refractivity contribution in [3.8, 4) is 0 Å². The van der Waals surface area contributed by atoms with E-state index in [0.29, 0.717) is 37.6 Å². The van der Waals surface area contributed by atoms with Gasteiger partial charge in [-0.2, -0.15) is 0 Å². The number of rotatable bonds is 4. The molecule has 148 valence electrons. The molecule has 2 aromatic carbocycles. The molecular weight excluding hydrogens is 376 g/mol. The Morgan fingerprint density at radius 1 is 1.07 bits per heavy atom. The summed E-state index contributed by atoms with van der Waals surface area (Å²) in [6.45, 7) is 2.35. The molecule has 2 heterocycles. The van der Waals surface area contributed by atoms with Crippen LogP contribution in [0.2, 0.25) is 0 Å². The molecule has 2 aliphatic heterocycles. The van der Waals surface area contributed by atoms with Gasteiger partial charge in [0.15, 0.2) is 0 Å². The fraction of sp³-hybridized carbons (Fsp3) is 0.200. The first-order valence-electron chi connectivity index (χ1n) is 9.08. The van der Waals surface area contributed by atoms with Crippen LogP contribution in [0.25, 0.3) is 6.08 Å². The minimum atomic E-state index is -0.564. The number of carbonyl (C=O) groups excluding carboxylic acids is 2. The summed E-state index contributed by atoms with van der Waals surface area (Å²) >= 11 is 0. The first-order chi connectivity index (χ1) is 14.0. The third-order valence-electron chi connectivity index (χ3n) is 4.77. The zero-order chi connectivity index (χ0) is 20.4. The smallest absolute Gasteiger partial charge is 0.333 e. The van der Waals surface area contributed by atoms with Gasteiger partial charge in [0, 0.05) is 36.5 Å². The number of urea groups is 1. The number of benzene rings is 2. The third kappa shape index (κ3) is 3.67. The maximum atomic E-state index is 12.8. The molecule has 9 heteroatoms. The van der Waals surface area contributed by atoms with Gasteiger partial charge in [0.1, 0.15) is 5.70 Å². The molecule has 0 saturated carbocycles. The van der Waals surface area contributed by atoms with Gasteiger partial charge in [-0.3, -0.25) is 14.9 Å². The van der Waals surface area contributed by atoms with Gasteiger partial charge in [-0.05, 0) is 24.3 Å². The third-order valence-corrected chi connectivity index (χ3v) is 4.77. The van der Waals surface area contributed by atoms with Crippen molar-refractivity contribution in [1.29, 1.82) is 0 Å². The molecule has 4 rings (SSSR count). The highest BCUT2D eigenvalue weighted by atomic mass is 16.6. The highest BCUT2D eigenvalue weighted by Crippen LogP contribution is 2.30. The number of amides is 3. The van der Waals surface area contributed by atoms with E-state index < -0.39 is 16.9 Å². The number of ether oxygens (including phenoxy) is 1. The van der Waals surface area contributed by atoms with Gasteiger partial charge in [0.2, 0.25) is 0 Å². The Morgan fingerprint density at radius 3 is 2.48 bits per heavy atom. The van der Waals surface area contributed by atoms with Crippen molar-refractivity contribution < 1.29 is 19.2 Å². The van der Waals surface area contributed by atoms with E-state index >= 15 is 0 Å². The van der Waals surface area contributed by atoms with E-state index in [2.05, 4.69) is 5.32 Å². The predicted molar refractivity (Wildman–Crippen MR) is 107 cm³/mol. The van der Waals surface area contributed by atoms with Gasteiger partial charge in [0.25, 0.3) is 11.6 Å². The SMILES string of the molecule is O=C1N/C(=C\c2cc([N+](=O)[O-])ccc2N2CCOCC2)C(=O)N1c1ccccc1. The Hall–Kier alpha value is -3.72. The van der Waals surface area contributed by atoms with Gasteiger partial charge in [-0.15, -0.1) is 0 Å². The van der Waals surface area contributed by atoms with Crippen LogP contribution in [0.3, 0.4) is 0 Å². The van der Waals surface area contributed by atoms with E-state index in [1.54, 1.807) is 36.4 Å². The first-order valence-corrected chi connectivity index (χ1v) is 9.08. The average molecular weight is 394 g/mol. The maximum Gasteiger partial charge on any atom is 0.333 e. The van der Waals surface area contributed by atoms with E-state index in [-0.39, 0.29) is 11.4 Å². The molecule has 1 N–H and O–H groups in total. The van der Waals surface area contributed by atoms with Crippen molar-refractivity contribution in [3.05, 3.63) is 69.9 Å². The molecule has 2 fully saturated rings. The lowest BCUT2D eigenvalue weighted by molar-refractivity contribution is -0.384. The number of non-ortho nitro benzene ring substituents is 1. The molecule has 9 nitrogen and oxygen atoms in total. The zero-order valence-corrected chi connectivity index (χ0v) is 15.4. The van der Waals surface area contributed by atoms with Crippen molar-refractivity contribution in [3.63, 3.8) is 0 Å². The number of imide groups is 1. The Balaban J connectivity index is 1.72. The first kappa shape index (κ1) is 18.6. The molecule has 3 amide bonds. The second-order valence-corrected chi connectivity index (χ2v) is 6.56. The highest BCUT2D eigenvalue weighted by molar-refractivity contribution is 6.28. The van der Waals surface area contributed by atoms with Crippen LogP contribution in [0.15, 0.2) is 54.2 Å². The normalized spacial score (nSPS) is 18.3. The molecule has 0 aliphatic carbocycles. The fourth-order valence-corrected chi connectivity index (χ4v) is 3.37. The number of nitro groups is 1. The average Bonchev–Trinajstić information content (AvgIpc) is 3.02. The van der Waals surface area contributed by atoms with Gasteiger partial charge in [0.05, 0.1) is 23.8 Å². The topological polar surface area (TPSA) is 105 Å². The maximum absolute atomic E-state index is 12.8. The number of hydrogen-bond acceptors (Lipinski definition) is 6. The summed E-state index contributed by atoms with van der Waals surface area (Å²) in [5.74, 6) is -0.513. The van der Waals surface area contributed by atoms with Crippen molar-refractivity contribution >= 4 is 35.1 Å². The second kappa shape index (κ2) is 7.72. The van der Waals surface area contributed by atoms with Crippen LogP contribution in [0.5, 0.6) is 0 Å².